The summed E-state index contributed by atoms with van der Waals surface area (Å²) in [4.78, 5) is 25.6. The third kappa shape index (κ3) is 4.40. The zero-order valence-electron chi connectivity index (χ0n) is 18.3. The Morgan fingerprint density at radius 1 is 1.22 bits per heavy atom. The van der Waals surface area contributed by atoms with E-state index in [-0.39, 0.29) is 35.4 Å². The van der Waals surface area contributed by atoms with E-state index in [9.17, 15) is 9.18 Å². The minimum absolute atomic E-state index is 0. The minimum Gasteiger partial charge on any atom is -0.438 e. The zero-order valence-corrected chi connectivity index (χ0v) is 19.8. The Morgan fingerprint density at radius 2 is 1.94 bits per heavy atom. The Bertz CT molecular complexity index is 1110. The van der Waals surface area contributed by atoms with Crippen molar-refractivity contribution in [2.45, 2.75) is 39.8 Å². The molecule has 1 aliphatic heterocycles. The first-order valence-corrected chi connectivity index (χ1v) is 10.8. The molecular formula is C22H26Cl2FN5O2. The molecule has 7 nitrogen and oxygen atoms in total. The van der Waals surface area contributed by atoms with Crippen LogP contribution in [0.3, 0.4) is 0 Å². The zero-order chi connectivity index (χ0) is 22.1. The van der Waals surface area contributed by atoms with Crippen LogP contribution in [0.15, 0.2) is 29.1 Å². The molecule has 0 radical (unpaired) electrons. The van der Waals surface area contributed by atoms with Crippen molar-refractivity contribution in [1.29, 1.82) is 0 Å². The monoisotopic (exact) mass is 481 g/mol. The second-order valence-electron chi connectivity index (χ2n) is 7.73. The molecule has 32 heavy (non-hydrogen) atoms. The Kier molecular flexibility index (Phi) is 7.59. The first-order valence-electron chi connectivity index (χ1n) is 10.4. The number of fused-ring (bicyclic) bond motifs is 3. The number of aromatic nitrogens is 3. The van der Waals surface area contributed by atoms with Crippen LogP contribution in [-0.2, 0) is 13.1 Å². The number of amides is 1. The van der Waals surface area contributed by atoms with Crippen molar-refractivity contribution in [2.24, 2.45) is 0 Å². The van der Waals surface area contributed by atoms with E-state index < -0.39 is 5.82 Å². The average Bonchev–Trinajstić information content (AvgIpc) is 3.34. The lowest BCUT2D eigenvalue weighted by Crippen LogP contribution is -2.25. The van der Waals surface area contributed by atoms with E-state index in [1.54, 1.807) is 24.1 Å². The number of hydrogen-bond acceptors (Lipinski definition) is 5. The van der Waals surface area contributed by atoms with Gasteiger partial charge in [0, 0.05) is 7.05 Å². The predicted octanol–water partition coefficient (Wildman–Crippen LogP) is 4.95. The highest BCUT2D eigenvalue weighted by Crippen LogP contribution is 2.34. The predicted molar refractivity (Wildman–Crippen MR) is 123 cm³/mol. The lowest BCUT2D eigenvalue weighted by Gasteiger charge is -2.18. The second-order valence-corrected chi connectivity index (χ2v) is 8.11. The molecule has 3 aromatic rings. The maximum atomic E-state index is 14.0. The summed E-state index contributed by atoms with van der Waals surface area (Å²) in [5, 5.41) is -0.192. The fourth-order valence-corrected chi connectivity index (χ4v) is 4.20. The molecule has 0 saturated carbocycles. The molecule has 0 atom stereocenters. The molecule has 3 heterocycles. The maximum Gasteiger partial charge on any atom is 0.257 e. The molecule has 1 aromatic carbocycles. The third-order valence-corrected chi connectivity index (χ3v) is 5.73. The van der Waals surface area contributed by atoms with E-state index in [0.717, 1.165) is 37.4 Å². The fraction of sp³-hybridized carbons (Fsp3) is 0.409. The molecule has 0 bridgehead atoms. The molecule has 1 amide bonds. The van der Waals surface area contributed by atoms with Gasteiger partial charge in [-0.2, -0.15) is 0 Å². The number of hydrogen-bond donors (Lipinski definition) is 0. The molecule has 1 aliphatic rings. The number of carbonyl (C=O) groups excluding carboxylic acids is 1. The van der Waals surface area contributed by atoms with Gasteiger partial charge < -0.3 is 9.32 Å². The fourth-order valence-electron chi connectivity index (χ4n) is 3.96. The molecular weight excluding hydrogens is 456 g/mol. The molecule has 0 aliphatic carbocycles. The van der Waals surface area contributed by atoms with Gasteiger partial charge in [-0.05, 0) is 38.1 Å². The van der Waals surface area contributed by atoms with E-state index in [1.165, 1.54) is 17.0 Å². The Hall–Kier alpha value is -2.42. The van der Waals surface area contributed by atoms with Gasteiger partial charge in [-0.1, -0.05) is 25.4 Å². The third-order valence-electron chi connectivity index (χ3n) is 5.36. The standard InChI is InChI=1S/C22H25ClFN5O2.ClH/c1-4-8-28(9-5-2)11-14-10-25-21(31-14)20-17-12-27(3)22(30)18-16(29(17)13-26-20)7-6-15(24)19(18)23;/h6-7,10,13H,4-5,8-9,11-12H2,1-3H3;1H. The van der Waals surface area contributed by atoms with Crippen LogP contribution < -0.4 is 0 Å². The van der Waals surface area contributed by atoms with Gasteiger partial charge in [0.05, 0.1) is 41.3 Å². The van der Waals surface area contributed by atoms with Crippen molar-refractivity contribution < 1.29 is 13.6 Å². The average molecular weight is 482 g/mol. The van der Waals surface area contributed by atoms with Crippen LogP contribution in [0.4, 0.5) is 4.39 Å². The molecule has 4 rings (SSSR count). The van der Waals surface area contributed by atoms with Gasteiger partial charge in [-0.15, -0.1) is 12.4 Å². The number of imidazole rings is 1. The highest BCUT2D eigenvalue weighted by atomic mass is 35.5. The van der Waals surface area contributed by atoms with E-state index in [2.05, 4.69) is 28.7 Å². The van der Waals surface area contributed by atoms with E-state index in [4.69, 9.17) is 16.0 Å². The summed E-state index contributed by atoms with van der Waals surface area (Å²) >= 11 is 6.15. The lowest BCUT2D eigenvalue weighted by molar-refractivity contribution is 0.0788. The van der Waals surface area contributed by atoms with Crippen LogP contribution in [0.2, 0.25) is 5.02 Å². The van der Waals surface area contributed by atoms with Crippen LogP contribution in [-0.4, -0.2) is 50.4 Å². The van der Waals surface area contributed by atoms with Crippen LogP contribution >= 0.6 is 24.0 Å². The Balaban J connectivity index is 0.00000289. The van der Waals surface area contributed by atoms with Crippen molar-refractivity contribution >= 4 is 29.9 Å². The van der Waals surface area contributed by atoms with Gasteiger partial charge >= 0.3 is 0 Å². The molecule has 10 heteroatoms. The summed E-state index contributed by atoms with van der Waals surface area (Å²) in [5.41, 5.74) is 1.88. The second kappa shape index (κ2) is 10.0. The topological polar surface area (TPSA) is 67.4 Å². The van der Waals surface area contributed by atoms with Gasteiger partial charge in [0.1, 0.15) is 23.6 Å². The molecule has 0 N–H and O–H groups in total. The largest absolute Gasteiger partial charge is 0.438 e. The quantitative estimate of drug-likeness (QED) is 0.477. The maximum absolute atomic E-state index is 14.0. The number of rotatable bonds is 7. The van der Waals surface area contributed by atoms with E-state index in [0.29, 0.717) is 23.8 Å². The van der Waals surface area contributed by atoms with Crippen LogP contribution in [0, 0.1) is 5.82 Å². The van der Waals surface area contributed by atoms with Crippen molar-refractivity contribution in [2.75, 3.05) is 20.1 Å². The summed E-state index contributed by atoms with van der Waals surface area (Å²) < 4.78 is 21.8. The summed E-state index contributed by atoms with van der Waals surface area (Å²) in [6.45, 7) is 7.23. The van der Waals surface area contributed by atoms with Gasteiger partial charge in [-0.25, -0.2) is 14.4 Å². The van der Waals surface area contributed by atoms with Crippen LogP contribution in [0.25, 0.3) is 17.3 Å². The van der Waals surface area contributed by atoms with Crippen LogP contribution in [0.1, 0.15) is 48.5 Å². The van der Waals surface area contributed by atoms with E-state index in [1.807, 2.05) is 0 Å². The Morgan fingerprint density at radius 3 is 2.62 bits per heavy atom. The van der Waals surface area contributed by atoms with Crippen molar-refractivity contribution in [3.8, 4) is 17.3 Å². The van der Waals surface area contributed by atoms with Gasteiger partial charge in [0.25, 0.3) is 5.91 Å². The van der Waals surface area contributed by atoms with Gasteiger partial charge in [0.2, 0.25) is 5.89 Å². The number of halogens is 3. The van der Waals surface area contributed by atoms with Gasteiger partial charge in [0.15, 0.2) is 0 Å². The van der Waals surface area contributed by atoms with E-state index >= 15 is 0 Å². The highest BCUT2D eigenvalue weighted by molar-refractivity contribution is 6.34. The summed E-state index contributed by atoms with van der Waals surface area (Å²) in [6, 6.07) is 2.79. The number of benzene rings is 1. The van der Waals surface area contributed by atoms with Crippen LogP contribution in [0.5, 0.6) is 0 Å². The molecule has 172 valence electrons. The summed E-state index contributed by atoms with van der Waals surface area (Å²) in [5.74, 6) is 0.181. The summed E-state index contributed by atoms with van der Waals surface area (Å²) in [7, 11) is 1.65. The lowest BCUT2D eigenvalue weighted by atomic mass is 10.1. The molecule has 0 saturated heterocycles. The van der Waals surface area contributed by atoms with Crippen molar-refractivity contribution in [3.63, 3.8) is 0 Å². The molecule has 0 unspecified atom stereocenters. The smallest absolute Gasteiger partial charge is 0.257 e. The van der Waals surface area contributed by atoms with Crippen molar-refractivity contribution in [1.82, 2.24) is 24.3 Å². The SMILES string of the molecule is CCCN(CCC)Cc1cnc(-c2ncn3c2CN(C)C(=O)c2c-3ccc(F)c2Cl)o1.Cl. The first kappa shape index (κ1) is 24.2. The first-order chi connectivity index (χ1) is 14.9. The number of oxazole rings is 1. The molecule has 0 fully saturated rings. The summed E-state index contributed by atoms with van der Waals surface area (Å²) in [6.07, 6.45) is 5.45. The van der Waals surface area contributed by atoms with Gasteiger partial charge in [-0.3, -0.25) is 14.3 Å². The minimum atomic E-state index is -0.632. The Labute approximate surface area is 197 Å². The molecule has 2 aromatic heterocycles. The number of nitrogens with zero attached hydrogens (tertiary/aromatic N) is 5. The normalized spacial score (nSPS) is 13.1. The highest BCUT2D eigenvalue weighted by Gasteiger charge is 2.31. The molecule has 0 spiro atoms. The number of carbonyl (C=O) groups is 1. The van der Waals surface area contributed by atoms with Crippen molar-refractivity contribution in [3.05, 3.63) is 52.5 Å².